The third kappa shape index (κ3) is 2.58. The van der Waals surface area contributed by atoms with E-state index in [9.17, 15) is 0 Å². The van der Waals surface area contributed by atoms with E-state index in [-0.39, 0.29) is 5.41 Å². The van der Waals surface area contributed by atoms with Gasteiger partial charge in [-0.05, 0) is 18.4 Å². The highest BCUT2D eigenvalue weighted by molar-refractivity contribution is 5.87. The molecule has 0 aromatic carbocycles. The maximum atomic E-state index is 8.94. The minimum Gasteiger partial charge on any atom is -0.355 e. The molecular weight excluding hydrogens is 340 g/mol. The lowest BCUT2D eigenvalue weighted by molar-refractivity contribution is 0.216. The summed E-state index contributed by atoms with van der Waals surface area (Å²) in [7, 11) is 0. The van der Waals surface area contributed by atoms with Gasteiger partial charge in [0.15, 0.2) is 0 Å². The Morgan fingerprint density at radius 2 is 2.00 bits per heavy atom. The van der Waals surface area contributed by atoms with Gasteiger partial charge in [0.05, 0.1) is 23.3 Å². The van der Waals surface area contributed by atoms with Crippen molar-refractivity contribution in [1.82, 2.24) is 24.9 Å². The van der Waals surface area contributed by atoms with Gasteiger partial charge in [-0.2, -0.15) is 5.26 Å². The van der Waals surface area contributed by atoms with Crippen molar-refractivity contribution in [3.63, 3.8) is 0 Å². The van der Waals surface area contributed by atoms with Crippen LogP contribution in [0.25, 0.3) is 11.0 Å². The molecule has 136 valence electrons. The Labute approximate surface area is 156 Å². The highest BCUT2D eigenvalue weighted by Gasteiger charge is 2.47. The number of hydrogen-bond donors (Lipinski definition) is 1. The van der Waals surface area contributed by atoms with Crippen molar-refractivity contribution in [3.8, 4) is 6.07 Å². The fraction of sp³-hybridized carbons (Fsp3) is 0.421. The molecule has 5 heterocycles. The van der Waals surface area contributed by atoms with Crippen molar-refractivity contribution in [2.75, 3.05) is 36.0 Å². The molecule has 1 N–H and O–H groups in total. The first-order valence-corrected chi connectivity index (χ1v) is 9.16. The molecule has 0 saturated carbocycles. The number of nitrogens with one attached hydrogen (secondary N) is 1. The summed E-state index contributed by atoms with van der Waals surface area (Å²) in [5.41, 5.74) is 1.52. The fourth-order valence-electron chi connectivity index (χ4n) is 4.55. The number of aromatic nitrogens is 5. The van der Waals surface area contributed by atoms with Crippen molar-refractivity contribution in [2.45, 2.75) is 13.3 Å². The van der Waals surface area contributed by atoms with E-state index in [4.69, 9.17) is 5.26 Å². The van der Waals surface area contributed by atoms with E-state index in [1.165, 1.54) is 0 Å². The number of piperidine rings is 1. The normalized spacial score (nSPS) is 24.8. The predicted octanol–water partition coefficient (Wildman–Crippen LogP) is 1.97. The summed E-state index contributed by atoms with van der Waals surface area (Å²) in [6.45, 7) is 6.14. The highest BCUT2D eigenvalue weighted by Crippen LogP contribution is 2.44. The molecule has 2 saturated heterocycles. The number of nitriles is 1. The average Bonchev–Trinajstić information content (AvgIpc) is 3.31. The number of H-pyrrole nitrogens is 1. The first kappa shape index (κ1) is 16.0. The Kier molecular flexibility index (Phi) is 3.50. The van der Waals surface area contributed by atoms with Gasteiger partial charge in [0.2, 0.25) is 5.95 Å². The zero-order valence-corrected chi connectivity index (χ0v) is 15.1. The van der Waals surface area contributed by atoms with Crippen LogP contribution in [0.15, 0.2) is 31.0 Å². The van der Waals surface area contributed by atoms with Gasteiger partial charge in [-0.1, -0.05) is 6.92 Å². The molecule has 0 aliphatic carbocycles. The van der Waals surface area contributed by atoms with Crippen LogP contribution >= 0.6 is 0 Å². The standard InChI is InChI=1S/C19H20N8/c1-19-10-26(17-15-2-4-21-16(15)24-12-25-17)5-3-14(19)9-27(11-19)18-22-7-13(6-20)8-23-18/h2,4,7-8,12,14H,3,5,9-11H2,1H3,(H,21,24,25). The maximum absolute atomic E-state index is 8.94. The van der Waals surface area contributed by atoms with Crippen LogP contribution < -0.4 is 9.80 Å². The minimum absolute atomic E-state index is 0.142. The third-order valence-electron chi connectivity index (χ3n) is 5.96. The fourth-order valence-corrected chi connectivity index (χ4v) is 4.55. The van der Waals surface area contributed by atoms with Crippen LogP contribution in [0.1, 0.15) is 18.9 Å². The number of nitrogens with zero attached hydrogens (tertiary/aromatic N) is 7. The summed E-state index contributed by atoms with van der Waals surface area (Å²) in [5, 5.41) is 10.0. The number of aromatic amines is 1. The van der Waals surface area contributed by atoms with Gasteiger partial charge in [-0.25, -0.2) is 19.9 Å². The SMILES string of the molecule is CC12CN(c3ncc(C#N)cn3)CC1CCN(c1ncnc3[nH]ccc13)C2. The quantitative estimate of drug-likeness (QED) is 0.746. The van der Waals surface area contributed by atoms with Crippen molar-refractivity contribution in [2.24, 2.45) is 11.3 Å². The van der Waals surface area contributed by atoms with Crippen molar-refractivity contribution in [1.29, 1.82) is 5.26 Å². The zero-order valence-electron chi connectivity index (χ0n) is 15.1. The van der Waals surface area contributed by atoms with E-state index < -0.39 is 0 Å². The molecule has 8 nitrogen and oxygen atoms in total. The summed E-state index contributed by atoms with van der Waals surface area (Å²) >= 11 is 0. The van der Waals surface area contributed by atoms with E-state index in [2.05, 4.69) is 47.7 Å². The van der Waals surface area contributed by atoms with E-state index >= 15 is 0 Å². The lowest BCUT2D eigenvalue weighted by atomic mass is 9.75. The van der Waals surface area contributed by atoms with Crippen LogP contribution in [-0.2, 0) is 0 Å². The number of hydrogen-bond acceptors (Lipinski definition) is 7. The van der Waals surface area contributed by atoms with Gasteiger partial charge in [0.25, 0.3) is 0 Å². The van der Waals surface area contributed by atoms with Crippen LogP contribution in [0.5, 0.6) is 0 Å². The molecule has 3 aromatic rings. The molecular formula is C19H20N8. The first-order valence-electron chi connectivity index (χ1n) is 9.16. The summed E-state index contributed by atoms with van der Waals surface area (Å²) in [6, 6.07) is 4.12. The monoisotopic (exact) mass is 360 g/mol. The van der Waals surface area contributed by atoms with Crippen LogP contribution in [0.2, 0.25) is 0 Å². The molecule has 0 spiro atoms. The third-order valence-corrected chi connectivity index (χ3v) is 5.96. The van der Waals surface area contributed by atoms with Gasteiger partial charge in [-0.15, -0.1) is 0 Å². The average molecular weight is 360 g/mol. The molecule has 5 rings (SSSR count). The Morgan fingerprint density at radius 1 is 1.19 bits per heavy atom. The Morgan fingerprint density at radius 3 is 2.81 bits per heavy atom. The van der Waals surface area contributed by atoms with Crippen LogP contribution in [0.3, 0.4) is 0 Å². The van der Waals surface area contributed by atoms with E-state index in [1.54, 1.807) is 18.7 Å². The summed E-state index contributed by atoms with van der Waals surface area (Å²) in [5.74, 6) is 2.32. The molecule has 2 aliphatic rings. The van der Waals surface area contributed by atoms with Crippen LogP contribution in [-0.4, -0.2) is 51.1 Å². The number of fused-ring (bicyclic) bond motifs is 2. The molecule has 0 amide bonds. The second kappa shape index (κ2) is 5.91. The lowest BCUT2D eigenvalue weighted by Gasteiger charge is -2.42. The second-order valence-electron chi connectivity index (χ2n) is 7.76. The molecule has 8 heteroatoms. The van der Waals surface area contributed by atoms with Crippen LogP contribution in [0, 0.1) is 22.7 Å². The molecule has 0 bridgehead atoms. The Balaban J connectivity index is 1.40. The molecule has 2 aliphatic heterocycles. The molecule has 27 heavy (non-hydrogen) atoms. The zero-order chi connectivity index (χ0) is 18.4. The topological polar surface area (TPSA) is 97.6 Å². The number of anilines is 2. The molecule has 2 atom stereocenters. The summed E-state index contributed by atoms with van der Waals surface area (Å²) < 4.78 is 0. The molecule has 2 fully saturated rings. The van der Waals surface area contributed by atoms with Gasteiger partial charge in [0.1, 0.15) is 23.9 Å². The summed E-state index contributed by atoms with van der Waals surface area (Å²) in [6.07, 6.45) is 7.86. The van der Waals surface area contributed by atoms with Gasteiger partial charge >= 0.3 is 0 Å². The smallest absolute Gasteiger partial charge is 0.225 e. The predicted molar refractivity (Wildman–Crippen MR) is 101 cm³/mol. The Hall–Kier alpha value is -3.21. The lowest BCUT2D eigenvalue weighted by Crippen LogP contribution is -2.47. The second-order valence-corrected chi connectivity index (χ2v) is 7.76. The van der Waals surface area contributed by atoms with E-state index in [1.807, 2.05) is 12.3 Å². The first-order chi connectivity index (χ1) is 13.2. The van der Waals surface area contributed by atoms with Gasteiger partial charge in [-0.3, -0.25) is 0 Å². The van der Waals surface area contributed by atoms with Gasteiger partial charge in [0, 0.05) is 37.8 Å². The van der Waals surface area contributed by atoms with Crippen molar-refractivity contribution < 1.29 is 0 Å². The van der Waals surface area contributed by atoms with Gasteiger partial charge < -0.3 is 14.8 Å². The van der Waals surface area contributed by atoms with E-state index in [0.29, 0.717) is 17.4 Å². The highest BCUT2D eigenvalue weighted by atomic mass is 15.3. The largest absolute Gasteiger partial charge is 0.355 e. The molecule has 0 radical (unpaired) electrons. The summed E-state index contributed by atoms with van der Waals surface area (Å²) in [4.78, 5) is 25.5. The molecule has 2 unspecified atom stereocenters. The molecule has 3 aromatic heterocycles. The Bertz CT molecular complexity index is 1020. The van der Waals surface area contributed by atoms with Crippen molar-refractivity contribution in [3.05, 3.63) is 36.5 Å². The maximum Gasteiger partial charge on any atom is 0.225 e. The number of rotatable bonds is 2. The van der Waals surface area contributed by atoms with E-state index in [0.717, 1.165) is 49.5 Å². The van der Waals surface area contributed by atoms with Crippen LogP contribution in [0.4, 0.5) is 11.8 Å². The minimum atomic E-state index is 0.142. The van der Waals surface area contributed by atoms with Crippen molar-refractivity contribution >= 4 is 22.8 Å².